The van der Waals surface area contributed by atoms with Gasteiger partial charge in [-0.15, -0.1) is 0 Å². The van der Waals surface area contributed by atoms with E-state index < -0.39 is 17.8 Å². The summed E-state index contributed by atoms with van der Waals surface area (Å²) in [5.74, 6) is 3.17. The molecule has 7 rings (SSSR count). The van der Waals surface area contributed by atoms with Crippen molar-refractivity contribution in [1.29, 1.82) is 0 Å². The van der Waals surface area contributed by atoms with Crippen molar-refractivity contribution in [3.63, 3.8) is 0 Å². The first-order valence-electron chi connectivity index (χ1n) is 14.6. The van der Waals surface area contributed by atoms with E-state index in [9.17, 15) is 9.18 Å². The van der Waals surface area contributed by atoms with Gasteiger partial charge in [-0.1, -0.05) is 18.2 Å². The van der Waals surface area contributed by atoms with Gasteiger partial charge in [-0.2, -0.15) is 0 Å². The van der Waals surface area contributed by atoms with E-state index in [-0.39, 0.29) is 12.5 Å². The fourth-order valence-corrected chi connectivity index (χ4v) is 7.58. The standard InChI is InChI=1S/C32H36F2N4O3/c1-18-12-29(39)38(28(36-18)17-41-22-5-3-4-20(33)13-22)21-6-7-26(25(34)14-21)35-8-9-37-10-11-40-27(16-37)23-15-24-30-19(2)31(30)32(23)24/h3-7,12-14,23-24,27-28,30-32,35-36H,2,8-11,15-17H2,1H3. The van der Waals surface area contributed by atoms with Gasteiger partial charge in [-0.05, 0) is 73.3 Å². The van der Waals surface area contributed by atoms with E-state index in [1.807, 2.05) is 0 Å². The van der Waals surface area contributed by atoms with E-state index in [2.05, 4.69) is 22.1 Å². The summed E-state index contributed by atoms with van der Waals surface area (Å²) in [6.07, 6.45) is 2.45. The lowest BCUT2D eigenvalue weighted by molar-refractivity contribution is -0.149. The fourth-order valence-electron chi connectivity index (χ4n) is 7.58. The van der Waals surface area contributed by atoms with Crippen LogP contribution in [0.5, 0.6) is 5.75 Å². The highest BCUT2D eigenvalue weighted by atomic mass is 19.1. The molecule has 216 valence electrons. The molecule has 0 radical (unpaired) electrons. The molecule has 1 amide bonds. The Morgan fingerprint density at radius 1 is 1.17 bits per heavy atom. The van der Waals surface area contributed by atoms with Gasteiger partial charge in [0, 0.05) is 49.7 Å². The summed E-state index contributed by atoms with van der Waals surface area (Å²) in [5, 5.41) is 6.44. The Hall–Kier alpha value is -3.43. The van der Waals surface area contributed by atoms with Crippen LogP contribution in [0.25, 0.3) is 0 Å². The average Bonchev–Trinajstić information content (AvgIpc) is 3.50. The molecule has 3 aliphatic carbocycles. The number of rotatable bonds is 9. The average molecular weight is 563 g/mol. The van der Waals surface area contributed by atoms with Crippen LogP contribution in [0.15, 0.2) is 66.4 Å². The largest absolute Gasteiger partial charge is 0.489 e. The van der Waals surface area contributed by atoms with Crippen molar-refractivity contribution < 1.29 is 23.0 Å². The van der Waals surface area contributed by atoms with E-state index >= 15 is 4.39 Å². The summed E-state index contributed by atoms with van der Waals surface area (Å²) in [6.45, 7) is 10.0. The number of fused-ring (bicyclic) bond motifs is 4. The number of nitrogens with zero attached hydrogens (tertiary/aromatic N) is 2. The van der Waals surface area contributed by atoms with Gasteiger partial charge in [0.05, 0.1) is 18.4 Å². The smallest absolute Gasteiger partial charge is 0.254 e. The first-order chi connectivity index (χ1) is 19.9. The molecule has 5 aliphatic rings. The van der Waals surface area contributed by atoms with Crippen LogP contribution < -0.4 is 20.3 Å². The second kappa shape index (κ2) is 10.4. The topological polar surface area (TPSA) is 66.1 Å². The van der Waals surface area contributed by atoms with Gasteiger partial charge in [0.1, 0.15) is 30.2 Å². The maximum absolute atomic E-state index is 15.2. The molecule has 0 spiro atoms. The first kappa shape index (κ1) is 26.5. The minimum atomic E-state index is -0.585. The number of morpholine rings is 1. The first-order valence-corrected chi connectivity index (χ1v) is 14.6. The lowest BCUT2D eigenvalue weighted by Gasteiger charge is -2.55. The molecule has 3 saturated carbocycles. The predicted molar refractivity (Wildman–Crippen MR) is 152 cm³/mol. The number of hydrogen-bond donors (Lipinski definition) is 2. The van der Waals surface area contributed by atoms with E-state index in [0.717, 1.165) is 49.9 Å². The van der Waals surface area contributed by atoms with Gasteiger partial charge >= 0.3 is 0 Å². The Morgan fingerprint density at radius 2 is 2.05 bits per heavy atom. The zero-order valence-corrected chi connectivity index (χ0v) is 23.2. The molecule has 0 aromatic heterocycles. The lowest BCUT2D eigenvalue weighted by atomic mass is 9.52. The molecule has 2 aliphatic heterocycles. The Morgan fingerprint density at radius 3 is 2.85 bits per heavy atom. The molecule has 7 unspecified atom stereocenters. The fraction of sp³-hybridized carbons (Fsp3) is 0.469. The zero-order valence-electron chi connectivity index (χ0n) is 23.2. The van der Waals surface area contributed by atoms with Crippen molar-refractivity contribution >= 4 is 17.3 Å². The highest BCUT2D eigenvalue weighted by molar-refractivity contribution is 6.03. The van der Waals surface area contributed by atoms with Crippen molar-refractivity contribution in [1.82, 2.24) is 10.2 Å². The van der Waals surface area contributed by atoms with Crippen LogP contribution in [0.4, 0.5) is 20.2 Å². The molecule has 0 bridgehead atoms. The van der Waals surface area contributed by atoms with Gasteiger partial charge in [-0.25, -0.2) is 8.78 Å². The molecule has 7 nitrogen and oxygen atoms in total. The number of halogens is 2. The molecule has 9 heteroatoms. The molecule has 2 aromatic rings. The normalized spacial score (nSPS) is 32.1. The minimum Gasteiger partial charge on any atom is -0.489 e. The third kappa shape index (κ3) is 4.89. The SMILES string of the molecule is C=C1C2C3CC(C4CN(CCNc5ccc(N6C(=O)C=C(C)NC6COc6cccc(F)c6)cc5F)CCO4)C3C12. The summed E-state index contributed by atoms with van der Waals surface area (Å²) in [5.41, 5.74) is 2.96. The number of nitrogens with one attached hydrogen (secondary N) is 2. The quantitative estimate of drug-likeness (QED) is 0.442. The van der Waals surface area contributed by atoms with Crippen molar-refractivity contribution in [3.05, 3.63) is 78.0 Å². The Balaban J connectivity index is 0.944. The monoisotopic (exact) mass is 562 g/mol. The number of hydrogen-bond acceptors (Lipinski definition) is 6. The molecule has 41 heavy (non-hydrogen) atoms. The Labute approximate surface area is 239 Å². The van der Waals surface area contributed by atoms with E-state index in [4.69, 9.17) is 9.47 Å². The Bertz CT molecular complexity index is 1400. The van der Waals surface area contributed by atoms with E-state index in [1.165, 1.54) is 41.2 Å². The van der Waals surface area contributed by atoms with Crippen molar-refractivity contribution in [2.24, 2.45) is 29.6 Å². The Kier molecular flexibility index (Phi) is 6.74. The summed E-state index contributed by atoms with van der Waals surface area (Å²) < 4.78 is 40.7. The number of anilines is 2. The van der Waals surface area contributed by atoms with Gasteiger partial charge < -0.3 is 20.1 Å². The second-order valence-electron chi connectivity index (χ2n) is 12.0. The van der Waals surface area contributed by atoms with Crippen LogP contribution in [-0.4, -0.2) is 62.5 Å². The van der Waals surface area contributed by atoms with E-state index in [0.29, 0.717) is 41.4 Å². The maximum Gasteiger partial charge on any atom is 0.254 e. The van der Waals surface area contributed by atoms with Crippen molar-refractivity contribution in [3.8, 4) is 5.75 Å². The maximum atomic E-state index is 15.2. The van der Waals surface area contributed by atoms with Crippen LogP contribution in [0.1, 0.15) is 13.3 Å². The number of carbonyl (C=O) groups excluding carboxylic acids is 1. The van der Waals surface area contributed by atoms with Gasteiger partial charge in [-0.3, -0.25) is 14.6 Å². The number of benzene rings is 2. The van der Waals surface area contributed by atoms with Crippen molar-refractivity contribution in [2.45, 2.75) is 25.6 Å². The highest BCUT2D eigenvalue weighted by Crippen LogP contribution is 2.77. The molecular formula is C32H36F2N4O3. The molecule has 2 aromatic carbocycles. The van der Waals surface area contributed by atoms with Crippen LogP contribution in [-0.2, 0) is 9.53 Å². The number of ether oxygens (including phenoxy) is 2. The second-order valence-corrected chi connectivity index (χ2v) is 12.0. The predicted octanol–water partition coefficient (Wildman–Crippen LogP) is 4.39. The molecule has 2 N–H and O–H groups in total. The third-order valence-corrected chi connectivity index (χ3v) is 9.66. The molecule has 7 atom stereocenters. The van der Waals surface area contributed by atoms with E-state index in [1.54, 1.807) is 31.2 Å². The van der Waals surface area contributed by atoms with Gasteiger partial charge in [0.2, 0.25) is 0 Å². The summed E-state index contributed by atoms with van der Waals surface area (Å²) in [4.78, 5) is 16.8. The molecular weight excluding hydrogens is 526 g/mol. The van der Waals surface area contributed by atoms with Crippen LogP contribution in [0, 0.1) is 41.2 Å². The third-order valence-electron chi connectivity index (χ3n) is 9.66. The van der Waals surface area contributed by atoms with Gasteiger partial charge in [0.25, 0.3) is 5.91 Å². The van der Waals surface area contributed by atoms with Gasteiger partial charge in [0.15, 0.2) is 0 Å². The number of amides is 1. The molecule has 1 saturated heterocycles. The summed E-state index contributed by atoms with van der Waals surface area (Å²) in [7, 11) is 0. The molecule has 2 heterocycles. The van der Waals surface area contributed by atoms with Crippen LogP contribution >= 0.6 is 0 Å². The minimum absolute atomic E-state index is 0.0563. The number of carbonyl (C=O) groups is 1. The number of allylic oxidation sites excluding steroid dienone is 2. The highest BCUT2D eigenvalue weighted by Gasteiger charge is 2.72. The zero-order chi connectivity index (χ0) is 28.2. The lowest BCUT2D eigenvalue weighted by Crippen LogP contribution is -2.57. The van der Waals surface area contributed by atoms with Crippen LogP contribution in [0.2, 0.25) is 0 Å². The summed E-state index contributed by atoms with van der Waals surface area (Å²) >= 11 is 0. The summed E-state index contributed by atoms with van der Waals surface area (Å²) in [6, 6.07) is 10.6. The van der Waals surface area contributed by atoms with Crippen molar-refractivity contribution in [2.75, 3.05) is 49.6 Å². The molecule has 4 fully saturated rings. The van der Waals surface area contributed by atoms with Crippen LogP contribution in [0.3, 0.4) is 0 Å².